The van der Waals surface area contributed by atoms with Crippen molar-refractivity contribution in [2.24, 2.45) is 7.05 Å². The highest BCUT2D eigenvalue weighted by Crippen LogP contribution is 2.38. The number of aromatic nitrogens is 2. The first kappa shape index (κ1) is 14.8. The summed E-state index contributed by atoms with van der Waals surface area (Å²) in [5.74, 6) is -0.708. The number of carbonyl (C=O) groups excluding carboxylic acids is 2. The van der Waals surface area contributed by atoms with E-state index in [4.69, 9.17) is 4.74 Å². The van der Waals surface area contributed by atoms with Crippen molar-refractivity contribution in [3.63, 3.8) is 0 Å². The second kappa shape index (κ2) is 5.92. The molecule has 2 aromatic heterocycles. The molecule has 7 heteroatoms. The van der Waals surface area contributed by atoms with E-state index in [-0.39, 0.29) is 5.91 Å². The second-order valence-corrected chi connectivity index (χ2v) is 6.34. The second-order valence-electron chi connectivity index (χ2n) is 5.24. The van der Waals surface area contributed by atoms with Crippen LogP contribution in [0.3, 0.4) is 0 Å². The minimum atomic E-state index is -0.393. The van der Waals surface area contributed by atoms with E-state index in [2.05, 4.69) is 10.4 Å². The van der Waals surface area contributed by atoms with E-state index in [1.807, 2.05) is 0 Å². The third-order valence-electron chi connectivity index (χ3n) is 3.73. The smallest absolute Gasteiger partial charge is 0.341 e. The Morgan fingerprint density at radius 1 is 1.36 bits per heavy atom. The first-order chi connectivity index (χ1) is 10.6. The number of anilines is 1. The van der Waals surface area contributed by atoms with E-state index < -0.39 is 5.97 Å². The maximum atomic E-state index is 12.3. The fraction of sp³-hybridized carbons (Fsp3) is 0.400. The van der Waals surface area contributed by atoms with Gasteiger partial charge in [-0.15, -0.1) is 11.3 Å². The lowest BCUT2D eigenvalue weighted by molar-refractivity contribution is 0.0601. The van der Waals surface area contributed by atoms with Crippen molar-refractivity contribution < 1.29 is 14.3 Å². The van der Waals surface area contributed by atoms with Crippen molar-refractivity contribution in [1.29, 1.82) is 0 Å². The predicted octanol–water partition coefficient (Wildman–Crippen LogP) is 2.40. The zero-order valence-corrected chi connectivity index (χ0v) is 13.3. The summed E-state index contributed by atoms with van der Waals surface area (Å²) in [5.41, 5.74) is 1.86. The van der Waals surface area contributed by atoms with Gasteiger partial charge in [-0.3, -0.25) is 9.48 Å². The Balaban J connectivity index is 1.94. The molecule has 0 spiro atoms. The summed E-state index contributed by atoms with van der Waals surface area (Å²) in [6, 6.07) is 1.64. The first-order valence-electron chi connectivity index (χ1n) is 7.14. The number of amides is 1. The third kappa shape index (κ3) is 2.64. The summed E-state index contributed by atoms with van der Waals surface area (Å²) >= 11 is 1.47. The maximum absolute atomic E-state index is 12.3. The molecule has 0 aliphatic heterocycles. The van der Waals surface area contributed by atoms with Crippen LogP contribution in [-0.2, 0) is 24.6 Å². The Morgan fingerprint density at radius 3 is 2.82 bits per heavy atom. The van der Waals surface area contributed by atoms with Crippen LogP contribution in [0.4, 0.5) is 5.00 Å². The molecule has 116 valence electrons. The summed E-state index contributed by atoms with van der Waals surface area (Å²) in [6.45, 7) is 0. The molecule has 0 aromatic carbocycles. The molecule has 0 unspecified atom stereocenters. The number of rotatable bonds is 3. The Morgan fingerprint density at radius 2 is 2.14 bits per heavy atom. The molecule has 0 saturated heterocycles. The van der Waals surface area contributed by atoms with Crippen LogP contribution in [0.25, 0.3) is 0 Å². The molecular formula is C15H17N3O3S. The van der Waals surface area contributed by atoms with Crippen LogP contribution < -0.4 is 5.32 Å². The molecule has 1 aliphatic rings. The number of hydrogen-bond donors (Lipinski definition) is 1. The molecule has 2 heterocycles. The number of hydrogen-bond acceptors (Lipinski definition) is 5. The van der Waals surface area contributed by atoms with Crippen molar-refractivity contribution in [3.8, 4) is 0 Å². The minimum Gasteiger partial charge on any atom is -0.465 e. The van der Waals surface area contributed by atoms with E-state index in [1.54, 1.807) is 24.0 Å². The molecule has 22 heavy (non-hydrogen) atoms. The van der Waals surface area contributed by atoms with E-state index in [0.717, 1.165) is 31.2 Å². The van der Waals surface area contributed by atoms with Gasteiger partial charge in [0.15, 0.2) is 5.69 Å². The number of aryl methyl sites for hydroxylation is 2. The van der Waals surface area contributed by atoms with Crippen LogP contribution in [0.5, 0.6) is 0 Å². The number of carbonyl (C=O) groups is 2. The highest BCUT2D eigenvalue weighted by Gasteiger charge is 2.27. The lowest BCUT2D eigenvalue weighted by atomic mass is 9.95. The Bertz CT molecular complexity index is 732. The molecule has 0 atom stereocenters. The number of nitrogens with zero attached hydrogens (tertiary/aromatic N) is 2. The van der Waals surface area contributed by atoms with Gasteiger partial charge in [0.1, 0.15) is 5.00 Å². The van der Waals surface area contributed by atoms with Crippen molar-refractivity contribution >= 4 is 28.2 Å². The van der Waals surface area contributed by atoms with Crippen LogP contribution in [0.1, 0.15) is 44.1 Å². The molecule has 1 amide bonds. The quantitative estimate of drug-likeness (QED) is 0.882. The molecule has 1 N–H and O–H groups in total. The summed E-state index contributed by atoms with van der Waals surface area (Å²) in [4.78, 5) is 25.5. The van der Waals surface area contributed by atoms with Gasteiger partial charge in [0.25, 0.3) is 5.91 Å². The highest BCUT2D eigenvalue weighted by atomic mass is 32.1. The summed E-state index contributed by atoms with van der Waals surface area (Å²) in [7, 11) is 3.11. The SMILES string of the molecule is COC(=O)c1c(NC(=O)c2ccn(C)n2)sc2c1CCCC2. The number of nitrogens with one attached hydrogen (secondary N) is 1. The van der Waals surface area contributed by atoms with E-state index in [9.17, 15) is 9.59 Å². The summed E-state index contributed by atoms with van der Waals surface area (Å²) in [5, 5.41) is 7.46. The van der Waals surface area contributed by atoms with Gasteiger partial charge in [-0.05, 0) is 37.3 Å². The maximum Gasteiger partial charge on any atom is 0.341 e. The lowest BCUT2D eigenvalue weighted by Gasteiger charge is -2.11. The third-order valence-corrected chi connectivity index (χ3v) is 4.94. The highest BCUT2D eigenvalue weighted by molar-refractivity contribution is 7.17. The predicted molar refractivity (Wildman–Crippen MR) is 83.5 cm³/mol. The molecule has 0 fully saturated rings. The summed E-state index contributed by atoms with van der Waals surface area (Å²) in [6.07, 6.45) is 5.68. The van der Waals surface area contributed by atoms with Gasteiger partial charge in [-0.1, -0.05) is 0 Å². The van der Waals surface area contributed by atoms with Gasteiger partial charge in [0, 0.05) is 18.1 Å². The Labute approximate surface area is 132 Å². The van der Waals surface area contributed by atoms with Crippen molar-refractivity contribution in [2.75, 3.05) is 12.4 Å². The molecule has 1 aliphatic carbocycles. The van der Waals surface area contributed by atoms with Gasteiger partial charge in [0.2, 0.25) is 0 Å². The number of ether oxygens (including phenoxy) is 1. The fourth-order valence-corrected chi connectivity index (χ4v) is 3.95. The number of fused-ring (bicyclic) bond motifs is 1. The van der Waals surface area contributed by atoms with E-state index in [1.165, 1.54) is 23.3 Å². The van der Waals surface area contributed by atoms with Crippen molar-refractivity contribution in [1.82, 2.24) is 9.78 Å². The van der Waals surface area contributed by atoms with Gasteiger partial charge >= 0.3 is 5.97 Å². The van der Waals surface area contributed by atoms with Crippen LogP contribution in [-0.4, -0.2) is 28.8 Å². The number of esters is 1. The zero-order valence-electron chi connectivity index (χ0n) is 12.5. The lowest BCUT2D eigenvalue weighted by Crippen LogP contribution is -2.15. The standard InChI is InChI=1S/C15H17N3O3S/c1-18-8-7-10(17-18)13(19)16-14-12(15(20)21-2)9-5-3-4-6-11(9)22-14/h7-8H,3-6H2,1-2H3,(H,16,19). The van der Waals surface area contributed by atoms with Gasteiger partial charge < -0.3 is 10.1 Å². The monoisotopic (exact) mass is 319 g/mol. The largest absolute Gasteiger partial charge is 0.465 e. The molecule has 6 nitrogen and oxygen atoms in total. The zero-order chi connectivity index (χ0) is 15.7. The molecule has 0 bridgehead atoms. The average Bonchev–Trinajstić information content (AvgIpc) is 3.09. The molecule has 0 saturated carbocycles. The van der Waals surface area contributed by atoms with Crippen molar-refractivity contribution in [3.05, 3.63) is 34.0 Å². The first-order valence-corrected chi connectivity index (χ1v) is 7.95. The van der Waals surface area contributed by atoms with Gasteiger partial charge in [0.05, 0.1) is 12.7 Å². The molecule has 3 rings (SSSR count). The van der Waals surface area contributed by atoms with Crippen LogP contribution in [0.15, 0.2) is 12.3 Å². The molecular weight excluding hydrogens is 302 g/mol. The normalized spacial score (nSPS) is 13.5. The van der Waals surface area contributed by atoms with Crippen LogP contribution >= 0.6 is 11.3 Å². The van der Waals surface area contributed by atoms with E-state index in [0.29, 0.717) is 16.3 Å². The molecule has 2 aromatic rings. The van der Waals surface area contributed by atoms with Crippen LogP contribution in [0, 0.1) is 0 Å². The summed E-state index contributed by atoms with van der Waals surface area (Å²) < 4.78 is 6.45. The van der Waals surface area contributed by atoms with Crippen LogP contribution in [0.2, 0.25) is 0 Å². The van der Waals surface area contributed by atoms with Gasteiger partial charge in [-0.25, -0.2) is 4.79 Å². The number of methoxy groups -OCH3 is 1. The minimum absolute atomic E-state index is 0.315. The van der Waals surface area contributed by atoms with Gasteiger partial charge in [-0.2, -0.15) is 5.10 Å². The Kier molecular flexibility index (Phi) is 3.98. The Hall–Kier alpha value is -2.15. The van der Waals surface area contributed by atoms with Crippen molar-refractivity contribution in [2.45, 2.75) is 25.7 Å². The topological polar surface area (TPSA) is 73.2 Å². The molecule has 0 radical (unpaired) electrons. The number of thiophene rings is 1. The fourth-order valence-electron chi connectivity index (χ4n) is 2.68. The van der Waals surface area contributed by atoms with E-state index >= 15 is 0 Å². The average molecular weight is 319 g/mol.